The third kappa shape index (κ3) is 4.00. The summed E-state index contributed by atoms with van der Waals surface area (Å²) in [6.07, 6.45) is 4.00. The lowest BCUT2D eigenvalue weighted by molar-refractivity contribution is 0.0135. The highest BCUT2D eigenvalue weighted by Crippen LogP contribution is 2.57. The molecule has 3 aromatic rings. The van der Waals surface area contributed by atoms with Gasteiger partial charge in [0.25, 0.3) is 5.91 Å². The molecule has 3 aliphatic rings. The van der Waals surface area contributed by atoms with E-state index in [1.807, 2.05) is 31.0 Å². The van der Waals surface area contributed by atoms with E-state index in [4.69, 9.17) is 16.6 Å². The van der Waals surface area contributed by atoms with E-state index in [2.05, 4.69) is 23.4 Å². The van der Waals surface area contributed by atoms with Crippen LogP contribution in [-0.2, 0) is 0 Å². The van der Waals surface area contributed by atoms with Gasteiger partial charge in [0, 0.05) is 46.6 Å². The number of aromatic nitrogens is 2. The van der Waals surface area contributed by atoms with Crippen LogP contribution in [0.2, 0.25) is 5.02 Å². The van der Waals surface area contributed by atoms with E-state index >= 15 is 0 Å². The predicted molar refractivity (Wildman–Crippen MR) is 145 cm³/mol. The molecule has 194 valence electrons. The van der Waals surface area contributed by atoms with Crippen molar-refractivity contribution in [2.45, 2.75) is 81.8 Å². The molecule has 1 saturated carbocycles. The molecule has 9 heteroatoms. The number of hydrogen-bond acceptors (Lipinski definition) is 5. The van der Waals surface area contributed by atoms with Crippen LogP contribution in [-0.4, -0.2) is 61.5 Å². The van der Waals surface area contributed by atoms with Crippen LogP contribution >= 0.6 is 22.9 Å². The Hall–Kier alpha value is -2.71. The second-order valence-electron chi connectivity index (χ2n) is 10.9. The molecule has 1 N–H and O–H groups in total. The first kappa shape index (κ1) is 24.6. The van der Waals surface area contributed by atoms with Gasteiger partial charge in [-0.25, -0.2) is 14.8 Å². The lowest BCUT2D eigenvalue weighted by atomic mass is 9.82. The van der Waals surface area contributed by atoms with E-state index in [0.29, 0.717) is 29.3 Å². The summed E-state index contributed by atoms with van der Waals surface area (Å²) in [5, 5.41) is 13.6. The lowest BCUT2D eigenvalue weighted by Gasteiger charge is -2.48. The monoisotopic (exact) mass is 538 g/mol. The Bertz CT molecular complexity index is 1410. The van der Waals surface area contributed by atoms with Crippen LogP contribution in [0.1, 0.15) is 84.7 Å². The maximum absolute atomic E-state index is 13.5. The molecular weight excluding hydrogens is 508 g/mol. The number of fused-ring (bicyclic) bond motifs is 3. The molecule has 6 rings (SSSR count). The smallest absolute Gasteiger partial charge is 0.408 e. The van der Waals surface area contributed by atoms with Gasteiger partial charge >= 0.3 is 6.09 Å². The van der Waals surface area contributed by atoms with Gasteiger partial charge in [-0.3, -0.25) is 9.69 Å². The highest BCUT2D eigenvalue weighted by Gasteiger charge is 2.54. The van der Waals surface area contributed by atoms with Gasteiger partial charge in [0.1, 0.15) is 10.7 Å². The van der Waals surface area contributed by atoms with E-state index in [1.165, 1.54) is 0 Å². The minimum Gasteiger partial charge on any atom is -0.465 e. The normalized spacial score (nSPS) is 28.5. The minimum absolute atomic E-state index is 0.0100. The number of aryl methyl sites for hydroxylation is 1. The molecule has 5 unspecified atom stereocenters. The predicted octanol–water partition coefficient (Wildman–Crippen LogP) is 6.45. The summed E-state index contributed by atoms with van der Waals surface area (Å²) < 4.78 is 0. The fourth-order valence-electron chi connectivity index (χ4n) is 6.92. The minimum atomic E-state index is -0.839. The molecule has 3 fully saturated rings. The van der Waals surface area contributed by atoms with Gasteiger partial charge in [0.05, 0.1) is 5.69 Å². The van der Waals surface area contributed by atoms with Crippen molar-refractivity contribution in [2.75, 3.05) is 7.05 Å². The molecule has 1 aromatic carbocycles. The standard InChI is InChI=1S/C28H31ClN4O3S/c1-4-28-9-7-17(33(28)27(35)36)12-18(14-28)32(3)26(34)16-5-6-19(23(29)11-16)21-13-22(21)24-20-8-10-37-25(20)31-15(2)30-24/h5-6,8,10-11,17-18,21-22H,4,7,9,12-14H2,1-3H3,(H,35,36). The largest absolute Gasteiger partial charge is 0.465 e. The van der Waals surface area contributed by atoms with Crippen molar-refractivity contribution in [3.05, 3.63) is 57.3 Å². The number of carbonyl (C=O) groups is 2. The van der Waals surface area contributed by atoms with Crippen molar-refractivity contribution >= 4 is 45.2 Å². The van der Waals surface area contributed by atoms with Crippen LogP contribution in [0.4, 0.5) is 4.79 Å². The number of halogens is 1. The fourth-order valence-corrected chi connectivity index (χ4v) is 8.06. The topological polar surface area (TPSA) is 86.6 Å². The Balaban J connectivity index is 1.19. The summed E-state index contributed by atoms with van der Waals surface area (Å²) in [5.41, 5.74) is 2.36. The van der Waals surface area contributed by atoms with Crippen LogP contribution in [0.15, 0.2) is 29.6 Å². The number of rotatable bonds is 5. The van der Waals surface area contributed by atoms with Crippen molar-refractivity contribution < 1.29 is 14.7 Å². The zero-order valence-electron chi connectivity index (χ0n) is 21.3. The van der Waals surface area contributed by atoms with Gasteiger partial charge in [-0.05, 0) is 80.5 Å². The van der Waals surface area contributed by atoms with Crippen LogP contribution in [0.25, 0.3) is 10.2 Å². The van der Waals surface area contributed by atoms with Gasteiger partial charge in [-0.1, -0.05) is 24.6 Å². The molecule has 2 aromatic heterocycles. The van der Waals surface area contributed by atoms with Crippen LogP contribution in [0, 0.1) is 6.92 Å². The molecule has 2 aliphatic heterocycles. The van der Waals surface area contributed by atoms with E-state index in [-0.39, 0.29) is 29.4 Å². The van der Waals surface area contributed by atoms with Crippen molar-refractivity contribution in [3.8, 4) is 0 Å². The van der Waals surface area contributed by atoms with Crippen molar-refractivity contribution in [2.24, 2.45) is 0 Å². The highest BCUT2D eigenvalue weighted by atomic mass is 35.5. The number of amides is 2. The Labute approximate surface area is 225 Å². The van der Waals surface area contributed by atoms with Gasteiger partial charge in [0.2, 0.25) is 0 Å². The number of thiophene rings is 1. The first-order valence-corrected chi connectivity index (χ1v) is 14.3. The SMILES string of the molecule is CCC12CCC(CC(N(C)C(=O)c3ccc(C4CC4c4nc(C)nc5sccc45)c(Cl)c3)C1)N2C(=O)O. The number of carbonyl (C=O) groups excluding carboxylic acids is 1. The molecular formula is C28H31ClN4O3S. The first-order valence-electron chi connectivity index (χ1n) is 13.0. The Morgan fingerprint density at radius 1 is 1.24 bits per heavy atom. The zero-order chi connectivity index (χ0) is 26.1. The zero-order valence-corrected chi connectivity index (χ0v) is 22.8. The number of benzene rings is 1. The Morgan fingerprint density at radius 2 is 2.05 bits per heavy atom. The number of hydrogen-bond donors (Lipinski definition) is 1. The summed E-state index contributed by atoms with van der Waals surface area (Å²) in [7, 11) is 1.84. The van der Waals surface area contributed by atoms with Crippen molar-refractivity contribution in [1.82, 2.24) is 19.8 Å². The molecule has 0 radical (unpaired) electrons. The highest BCUT2D eigenvalue weighted by molar-refractivity contribution is 7.16. The van der Waals surface area contributed by atoms with E-state index < -0.39 is 6.09 Å². The van der Waals surface area contributed by atoms with E-state index in [1.54, 1.807) is 22.3 Å². The quantitative estimate of drug-likeness (QED) is 0.403. The third-order valence-corrected chi connectivity index (χ3v) is 10.1. The molecule has 4 heterocycles. The number of nitrogens with zero attached hydrogens (tertiary/aromatic N) is 4. The molecule has 0 spiro atoms. The average molecular weight is 539 g/mol. The maximum atomic E-state index is 13.5. The Morgan fingerprint density at radius 3 is 2.78 bits per heavy atom. The summed E-state index contributed by atoms with van der Waals surface area (Å²) in [6, 6.07) is 7.76. The summed E-state index contributed by atoms with van der Waals surface area (Å²) in [6.45, 7) is 3.99. The summed E-state index contributed by atoms with van der Waals surface area (Å²) in [4.78, 5) is 39.3. The van der Waals surface area contributed by atoms with Crippen LogP contribution < -0.4 is 0 Å². The van der Waals surface area contributed by atoms with Gasteiger partial charge in [-0.2, -0.15) is 0 Å². The van der Waals surface area contributed by atoms with Crippen LogP contribution in [0.5, 0.6) is 0 Å². The maximum Gasteiger partial charge on any atom is 0.408 e. The van der Waals surface area contributed by atoms with Gasteiger partial charge < -0.3 is 10.0 Å². The van der Waals surface area contributed by atoms with Crippen molar-refractivity contribution in [1.29, 1.82) is 0 Å². The molecule has 2 bridgehead atoms. The fraction of sp³-hybridized carbons (Fsp3) is 0.500. The second kappa shape index (κ2) is 8.95. The average Bonchev–Trinajstić information content (AvgIpc) is 3.44. The molecule has 7 nitrogen and oxygen atoms in total. The third-order valence-electron chi connectivity index (χ3n) is 8.97. The number of piperidine rings is 1. The molecule has 2 saturated heterocycles. The summed E-state index contributed by atoms with van der Waals surface area (Å²) in [5.74, 6) is 1.32. The molecule has 37 heavy (non-hydrogen) atoms. The summed E-state index contributed by atoms with van der Waals surface area (Å²) >= 11 is 8.40. The first-order chi connectivity index (χ1) is 17.7. The number of carboxylic acid groups (broad SMARTS) is 1. The van der Waals surface area contributed by atoms with Gasteiger partial charge in [-0.15, -0.1) is 11.3 Å². The van der Waals surface area contributed by atoms with Gasteiger partial charge in [0.15, 0.2) is 0 Å². The second-order valence-corrected chi connectivity index (χ2v) is 12.2. The lowest BCUT2D eigenvalue weighted by Crippen LogP contribution is -2.59. The molecule has 1 aliphatic carbocycles. The molecule has 5 atom stereocenters. The van der Waals surface area contributed by atoms with Crippen LogP contribution in [0.3, 0.4) is 0 Å². The Kier molecular flexibility index (Phi) is 5.95. The van der Waals surface area contributed by atoms with E-state index in [9.17, 15) is 14.7 Å². The van der Waals surface area contributed by atoms with E-state index in [0.717, 1.165) is 53.0 Å². The van der Waals surface area contributed by atoms with Crippen molar-refractivity contribution in [3.63, 3.8) is 0 Å². The molecule has 2 amide bonds.